The van der Waals surface area contributed by atoms with Crippen molar-refractivity contribution in [3.8, 4) is 0 Å². The Kier molecular flexibility index (Phi) is 6.24. The molecule has 1 amide bonds. The maximum Gasteiger partial charge on any atom is 0.227 e. The van der Waals surface area contributed by atoms with Crippen LogP contribution in [0.2, 0.25) is 0 Å². The van der Waals surface area contributed by atoms with E-state index in [2.05, 4.69) is 40.0 Å². The van der Waals surface area contributed by atoms with E-state index in [9.17, 15) is 4.79 Å². The molecule has 0 aliphatic carbocycles. The fraction of sp³-hybridized carbons (Fsp3) is 0.588. The Balaban J connectivity index is 1.96. The SMILES string of the molecule is CC(C)N(CC1CCNCC1)C(=O)Cc1ccc(Br)cc1. The zero-order chi connectivity index (χ0) is 15.2. The predicted molar refractivity (Wildman–Crippen MR) is 90.3 cm³/mol. The van der Waals surface area contributed by atoms with Crippen LogP contribution in [0.25, 0.3) is 0 Å². The van der Waals surface area contributed by atoms with Crippen molar-refractivity contribution >= 4 is 21.8 Å². The molecule has 0 aromatic heterocycles. The highest BCUT2D eigenvalue weighted by Crippen LogP contribution is 2.17. The lowest BCUT2D eigenvalue weighted by Crippen LogP contribution is -2.43. The number of rotatable bonds is 5. The molecule has 3 nitrogen and oxygen atoms in total. The number of carbonyl (C=O) groups is 1. The van der Waals surface area contributed by atoms with Crippen LogP contribution in [0.15, 0.2) is 28.7 Å². The largest absolute Gasteiger partial charge is 0.340 e. The Morgan fingerprint density at radius 3 is 2.48 bits per heavy atom. The summed E-state index contributed by atoms with van der Waals surface area (Å²) >= 11 is 3.43. The maximum absolute atomic E-state index is 12.6. The van der Waals surface area contributed by atoms with Gasteiger partial charge in [-0.2, -0.15) is 0 Å². The van der Waals surface area contributed by atoms with Gasteiger partial charge in [0, 0.05) is 17.1 Å². The highest BCUT2D eigenvalue weighted by Gasteiger charge is 2.22. The average Bonchev–Trinajstić information content (AvgIpc) is 2.48. The van der Waals surface area contributed by atoms with Gasteiger partial charge in [-0.15, -0.1) is 0 Å². The molecule has 2 rings (SSSR count). The molecule has 116 valence electrons. The first-order chi connectivity index (χ1) is 10.1. The van der Waals surface area contributed by atoms with E-state index in [-0.39, 0.29) is 11.9 Å². The molecule has 0 saturated carbocycles. The summed E-state index contributed by atoms with van der Waals surface area (Å²) in [6, 6.07) is 8.29. The standard InChI is InChI=1S/C17H25BrN2O/c1-13(2)20(12-15-7-9-19-10-8-15)17(21)11-14-3-5-16(18)6-4-14/h3-6,13,15,19H,7-12H2,1-2H3. The Morgan fingerprint density at radius 1 is 1.29 bits per heavy atom. The Morgan fingerprint density at radius 2 is 1.90 bits per heavy atom. The molecule has 1 aliphatic heterocycles. The smallest absolute Gasteiger partial charge is 0.227 e. The molecular weight excluding hydrogens is 328 g/mol. The minimum atomic E-state index is 0.242. The second kappa shape index (κ2) is 7.95. The maximum atomic E-state index is 12.6. The molecule has 0 atom stereocenters. The van der Waals surface area contributed by atoms with Crippen LogP contribution < -0.4 is 5.32 Å². The number of hydrogen-bond donors (Lipinski definition) is 1. The van der Waals surface area contributed by atoms with Crippen molar-refractivity contribution in [2.45, 2.75) is 39.2 Å². The normalized spacial score (nSPS) is 16.2. The molecule has 1 aromatic carbocycles. The van der Waals surface area contributed by atoms with Crippen LogP contribution in [-0.2, 0) is 11.2 Å². The van der Waals surface area contributed by atoms with E-state index >= 15 is 0 Å². The van der Waals surface area contributed by atoms with E-state index in [1.165, 1.54) is 12.8 Å². The highest BCUT2D eigenvalue weighted by atomic mass is 79.9. The van der Waals surface area contributed by atoms with Crippen molar-refractivity contribution < 1.29 is 4.79 Å². The van der Waals surface area contributed by atoms with Gasteiger partial charge in [-0.3, -0.25) is 4.79 Å². The van der Waals surface area contributed by atoms with Gasteiger partial charge in [-0.25, -0.2) is 0 Å². The average molecular weight is 353 g/mol. The first-order valence-electron chi connectivity index (χ1n) is 7.81. The van der Waals surface area contributed by atoms with Gasteiger partial charge in [0.2, 0.25) is 5.91 Å². The molecule has 21 heavy (non-hydrogen) atoms. The molecule has 1 heterocycles. The van der Waals surface area contributed by atoms with E-state index in [0.29, 0.717) is 12.3 Å². The number of nitrogens with zero attached hydrogens (tertiary/aromatic N) is 1. The van der Waals surface area contributed by atoms with Crippen LogP contribution in [0, 0.1) is 5.92 Å². The van der Waals surface area contributed by atoms with E-state index in [4.69, 9.17) is 0 Å². The first-order valence-corrected chi connectivity index (χ1v) is 8.60. The summed E-state index contributed by atoms with van der Waals surface area (Å²) in [6.07, 6.45) is 2.85. The summed E-state index contributed by atoms with van der Waals surface area (Å²) in [5.41, 5.74) is 1.08. The minimum absolute atomic E-state index is 0.242. The molecule has 1 N–H and O–H groups in total. The van der Waals surface area contributed by atoms with Gasteiger partial charge in [-0.05, 0) is 63.4 Å². The second-order valence-corrected chi connectivity index (χ2v) is 7.05. The lowest BCUT2D eigenvalue weighted by atomic mass is 9.96. The molecule has 1 aliphatic rings. The Labute approximate surface area is 136 Å². The monoisotopic (exact) mass is 352 g/mol. The molecule has 0 unspecified atom stereocenters. The van der Waals surface area contributed by atoms with Crippen molar-refractivity contribution in [2.24, 2.45) is 5.92 Å². The Bertz CT molecular complexity index is 452. The van der Waals surface area contributed by atoms with Gasteiger partial charge < -0.3 is 10.2 Å². The van der Waals surface area contributed by atoms with Gasteiger partial charge in [0.15, 0.2) is 0 Å². The van der Waals surface area contributed by atoms with Crippen LogP contribution in [0.4, 0.5) is 0 Å². The summed E-state index contributed by atoms with van der Waals surface area (Å²) in [4.78, 5) is 14.7. The molecule has 1 aromatic rings. The number of piperidine rings is 1. The Hall–Kier alpha value is -0.870. The summed E-state index contributed by atoms with van der Waals surface area (Å²) in [5, 5.41) is 3.38. The summed E-state index contributed by atoms with van der Waals surface area (Å²) in [5.74, 6) is 0.883. The summed E-state index contributed by atoms with van der Waals surface area (Å²) < 4.78 is 1.05. The topological polar surface area (TPSA) is 32.3 Å². The van der Waals surface area contributed by atoms with Crippen molar-refractivity contribution in [1.82, 2.24) is 10.2 Å². The zero-order valence-corrected chi connectivity index (χ0v) is 14.5. The number of hydrogen-bond acceptors (Lipinski definition) is 2. The molecule has 0 bridgehead atoms. The molecule has 4 heteroatoms. The van der Waals surface area contributed by atoms with Gasteiger partial charge in [0.05, 0.1) is 6.42 Å². The number of nitrogens with one attached hydrogen (secondary N) is 1. The van der Waals surface area contributed by atoms with Gasteiger partial charge >= 0.3 is 0 Å². The van der Waals surface area contributed by atoms with E-state index in [1.807, 2.05) is 24.3 Å². The zero-order valence-electron chi connectivity index (χ0n) is 12.9. The first kappa shape index (κ1) is 16.5. The third-order valence-corrected chi connectivity index (χ3v) is 4.65. The van der Waals surface area contributed by atoms with Crippen LogP contribution in [0.5, 0.6) is 0 Å². The fourth-order valence-electron chi connectivity index (χ4n) is 2.82. The van der Waals surface area contributed by atoms with Crippen LogP contribution in [0.1, 0.15) is 32.3 Å². The van der Waals surface area contributed by atoms with E-state index in [0.717, 1.165) is 29.7 Å². The molecule has 0 radical (unpaired) electrons. The number of amides is 1. The van der Waals surface area contributed by atoms with Gasteiger partial charge in [0.25, 0.3) is 0 Å². The van der Waals surface area contributed by atoms with E-state index < -0.39 is 0 Å². The third-order valence-electron chi connectivity index (χ3n) is 4.13. The van der Waals surface area contributed by atoms with Crippen LogP contribution in [0.3, 0.4) is 0 Å². The summed E-state index contributed by atoms with van der Waals surface area (Å²) in [6.45, 7) is 7.28. The third kappa shape index (κ3) is 5.11. The minimum Gasteiger partial charge on any atom is -0.340 e. The van der Waals surface area contributed by atoms with Crippen LogP contribution in [-0.4, -0.2) is 36.5 Å². The lowest BCUT2D eigenvalue weighted by molar-refractivity contribution is -0.133. The van der Waals surface area contributed by atoms with Gasteiger partial charge in [-0.1, -0.05) is 28.1 Å². The fourth-order valence-corrected chi connectivity index (χ4v) is 3.09. The highest BCUT2D eigenvalue weighted by molar-refractivity contribution is 9.10. The van der Waals surface area contributed by atoms with Crippen molar-refractivity contribution in [3.63, 3.8) is 0 Å². The molecule has 1 saturated heterocycles. The number of benzene rings is 1. The van der Waals surface area contributed by atoms with Crippen molar-refractivity contribution in [1.29, 1.82) is 0 Å². The van der Waals surface area contributed by atoms with Gasteiger partial charge in [0.1, 0.15) is 0 Å². The lowest BCUT2D eigenvalue weighted by Gasteiger charge is -2.33. The van der Waals surface area contributed by atoms with Crippen molar-refractivity contribution in [2.75, 3.05) is 19.6 Å². The summed E-state index contributed by atoms with van der Waals surface area (Å²) in [7, 11) is 0. The second-order valence-electron chi connectivity index (χ2n) is 6.14. The van der Waals surface area contributed by atoms with Crippen molar-refractivity contribution in [3.05, 3.63) is 34.3 Å². The van der Waals surface area contributed by atoms with Crippen LogP contribution >= 0.6 is 15.9 Å². The number of carbonyl (C=O) groups excluding carboxylic acids is 1. The van der Waals surface area contributed by atoms with E-state index in [1.54, 1.807) is 0 Å². The molecular formula is C17H25BrN2O. The molecule has 0 spiro atoms. The number of halogens is 1. The quantitative estimate of drug-likeness (QED) is 0.882. The molecule has 1 fully saturated rings. The predicted octanol–water partition coefficient (Wildman–Crippen LogP) is 3.23.